The second kappa shape index (κ2) is 7.78. The minimum atomic E-state index is 0.0280. The normalized spacial score (nSPS) is 13.0. The molecule has 0 saturated carbocycles. The molecule has 0 bridgehead atoms. The van der Waals surface area contributed by atoms with E-state index in [4.69, 9.17) is 0 Å². The number of nitrogens with one attached hydrogen (secondary N) is 1. The minimum absolute atomic E-state index is 0.0280. The molecule has 138 valence electrons. The third-order valence-electron chi connectivity index (χ3n) is 5.14. The predicted octanol–water partition coefficient (Wildman–Crippen LogP) is 4.58. The number of anilines is 2. The highest BCUT2D eigenvalue weighted by atomic mass is 16.1. The van der Waals surface area contributed by atoms with Crippen LogP contribution in [0.1, 0.15) is 30.9 Å². The zero-order valence-corrected chi connectivity index (χ0v) is 15.7. The Kier molecular flexibility index (Phi) is 5.05. The SMILES string of the molecule is CCCN1CCc2cc(CCC(=O)Nc3cnc4ccccc4c3)ccc21. The van der Waals surface area contributed by atoms with E-state index in [2.05, 4.69) is 40.3 Å². The van der Waals surface area contributed by atoms with E-state index in [-0.39, 0.29) is 5.91 Å². The molecule has 0 spiro atoms. The molecule has 0 fully saturated rings. The first-order valence-corrected chi connectivity index (χ1v) is 9.74. The number of fused-ring (bicyclic) bond motifs is 2. The highest BCUT2D eigenvalue weighted by Crippen LogP contribution is 2.29. The van der Waals surface area contributed by atoms with Gasteiger partial charge in [-0.25, -0.2) is 0 Å². The first-order valence-electron chi connectivity index (χ1n) is 9.74. The van der Waals surface area contributed by atoms with Gasteiger partial charge in [-0.05, 0) is 48.6 Å². The number of rotatable bonds is 6. The van der Waals surface area contributed by atoms with Crippen LogP contribution in [0.3, 0.4) is 0 Å². The van der Waals surface area contributed by atoms with E-state index in [0.717, 1.165) is 42.5 Å². The molecule has 1 aromatic heterocycles. The summed E-state index contributed by atoms with van der Waals surface area (Å²) in [5, 5.41) is 4.00. The molecule has 3 aromatic rings. The summed E-state index contributed by atoms with van der Waals surface area (Å²) in [6.07, 6.45) is 5.24. The largest absolute Gasteiger partial charge is 0.371 e. The predicted molar refractivity (Wildman–Crippen MR) is 111 cm³/mol. The van der Waals surface area contributed by atoms with Gasteiger partial charge in [0.25, 0.3) is 0 Å². The molecule has 1 aliphatic heterocycles. The zero-order chi connectivity index (χ0) is 18.6. The maximum Gasteiger partial charge on any atom is 0.224 e. The number of hydrogen-bond donors (Lipinski definition) is 1. The summed E-state index contributed by atoms with van der Waals surface area (Å²) in [6, 6.07) is 16.5. The summed E-state index contributed by atoms with van der Waals surface area (Å²) in [6.45, 7) is 4.45. The molecule has 1 aliphatic rings. The first-order chi connectivity index (χ1) is 13.2. The van der Waals surface area contributed by atoms with E-state index in [1.165, 1.54) is 23.2 Å². The number of carbonyl (C=O) groups excluding carboxylic acids is 1. The Balaban J connectivity index is 1.36. The molecule has 1 amide bonds. The van der Waals surface area contributed by atoms with Crippen molar-refractivity contribution in [2.45, 2.75) is 32.6 Å². The average molecular weight is 359 g/mol. The van der Waals surface area contributed by atoms with Crippen molar-refractivity contribution in [2.24, 2.45) is 0 Å². The highest BCUT2D eigenvalue weighted by molar-refractivity contribution is 5.93. The van der Waals surface area contributed by atoms with E-state index in [1.807, 2.05) is 30.3 Å². The van der Waals surface area contributed by atoms with Crippen LogP contribution in [0.5, 0.6) is 0 Å². The molecule has 2 aromatic carbocycles. The summed E-state index contributed by atoms with van der Waals surface area (Å²) in [5.41, 5.74) is 5.71. The van der Waals surface area contributed by atoms with Gasteiger partial charge >= 0.3 is 0 Å². The summed E-state index contributed by atoms with van der Waals surface area (Å²) in [7, 11) is 0. The molecule has 27 heavy (non-hydrogen) atoms. The van der Waals surface area contributed by atoms with Crippen molar-refractivity contribution < 1.29 is 4.79 Å². The van der Waals surface area contributed by atoms with Crippen LogP contribution in [-0.2, 0) is 17.6 Å². The Hall–Kier alpha value is -2.88. The Morgan fingerprint density at radius 1 is 1.19 bits per heavy atom. The molecule has 0 aliphatic carbocycles. The molecule has 2 heterocycles. The van der Waals surface area contributed by atoms with Crippen LogP contribution in [0.4, 0.5) is 11.4 Å². The molecule has 4 rings (SSSR count). The third kappa shape index (κ3) is 3.95. The van der Waals surface area contributed by atoms with Crippen molar-refractivity contribution in [2.75, 3.05) is 23.3 Å². The van der Waals surface area contributed by atoms with E-state index < -0.39 is 0 Å². The minimum Gasteiger partial charge on any atom is -0.371 e. The van der Waals surface area contributed by atoms with Crippen LogP contribution in [0, 0.1) is 0 Å². The topological polar surface area (TPSA) is 45.2 Å². The zero-order valence-electron chi connectivity index (χ0n) is 15.7. The van der Waals surface area contributed by atoms with E-state index in [0.29, 0.717) is 6.42 Å². The molecular weight excluding hydrogens is 334 g/mol. The lowest BCUT2D eigenvalue weighted by Gasteiger charge is -2.18. The summed E-state index contributed by atoms with van der Waals surface area (Å²) < 4.78 is 0. The third-order valence-corrected chi connectivity index (χ3v) is 5.14. The smallest absolute Gasteiger partial charge is 0.224 e. The number of hydrogen-bond acceptors (Lipinski definition) is 3. The fourth-order valence-electron chi connectivity index (χ4n) is 3.80. The molecule has 1 N–H and O–H groups in total. The van der Waals surface area contributed by atoms with Crippen LogP contribution in [0.15, 0.2) is 54.7 Å². The standard InChI is InChI=1S/C23H25N3O/c1-2-12-26-13-11-19-14-17(7-9-22(19)26)8-10-23(27)25-20-15-18-5-3-4-6-21(18)24-16-20/h3-7,9,14-16H,2,8,10-13H2,1H3,(H,25,27). The van der Waals surface area contributed by atoms with Crippen molar-refractivity contribution in [1.82, 2.24) is 4.98 Å². The number of aromatic nitrogens is 1. The second-order valence-corrected chi connectivity index (χ2v) is 7.16. The number of carbonyl (C=O) groups is 1. The van der Waals surface area contributed by atoms with Gasteiger partial charge in [0.15, 0.2) is 0 Å². The molecule has 0 atom stereocenters. The van der Waals surface area contributed by atoms with E-state index >= 15 is 0 Å². The molecule has 4 nitrogen and oxygen atoms in total. The Labute approximate surface area is 160 Å². The molecule has 0 saturated heterocycles. The van der Waals surface area contributed by atoms with Crippen molar-refractivity contribution in [3.8, 4) is 0 Å². The summed E-state index contributed by atoms with van der Waals surface area (Å²) in [5.74, 6) is 0.0280. The van der Waals surface area contributed by atoms with Gasteiger partial charge in [0.1, 0.15) is 0 Å². The van der Waals surface area contributed by atoms with Crippen LogP contribution in [0.2, 0.25) is 0 Å². The van der Waals surface area contributed by atoms with Crippen molar-refractivity contribution in [3.05, 3.63) is 65.9 Å². The lowest BCUT2D eigenvalue weighted by atomic mass is 10.0. The average Bonchev–Trinajstić information content (AvgIpc) is 3.09. The molecule has 0 unspecified atom stereocenters. The van der Waals surface area contributed by atoms with Gasteiger partial charge in [-0.1, -0.05) is 37.3 Å². The number of pyridine rings is 1. The van der Waals surface area contributed by atoms with Crippen LogP contribution in [-0.4, -0.2) is 24.0 Å². The maximum absolute atomic E-state index is 12.3. The molecule has 0 radical (unpaired) electrons. The maximum atomic E-state index is 12.3. The summed E-state index contributed by atoms with van der Waals surface area (Å²) in [4.78, 5) is 19.2. The van der Waals surface area contributed by atoms with Crippen molar-refractivity contribution >= 4 is 28.2 Å². The van der Waals surface area contributed by atoms with Gasteiger partial charge < -0.3 is 10.2 Å². The molecular formula is C23H25N3O. The fraction of sp³-hybridized carbons (Fsp3) is 0.304. The monoisotopic (exact) mass is 359 g/mol. The Morgan fingerprint density at radius 2 is 2.07 bits per heavy atom. The van der Waals surface area contributed by atoms with Gasteiger partial charge in [0.05, 0.1) is 17.4 Å². The van der Waals surface area contributed by atoms with E-state index in [1.54, 1.807) is 6.20 Å². The van der Waals surface area contributed by atoms with Gasteiger partial charge in [-0.15, -0.1) is 0 Å². The van der Waals surface area contributed by atoms with Gasteiger partial charge in [-0.2, -0.15) is 0 Å². The summed E-state index contributed by atoms with van der Waals surface area (Å²) >= 11 is 0. The fourth-order valence-corrected chi connectivity index (χ4v) is 3.80. The second-order valence-electron chi connectivity index (χ2n) is 7.16. The number of aryl methyl sites for hydroxylation is 1. The van der Waals surface area contributed by atoms with Crippen LogP contribution in [0.25, 0.3) is 10.9 Å². The van der Waals surface area contributed by atoms with Crippen molar-refractivity contribution in [1.29, 1.82) is 0 Å². The van der Waals surface area contributed by atoms with Crippen LogP contribution < -0.4 is 10.2 Å². The molecule has 4 heteroatoms. The number of para-hydroxylation sites is 1. The Bertz CT molecular complexity index is 967. The van der Waals surface area contributed by atoms with Gasteiger partial charge in [-0.3, -0.25) is 9.78 Å². The van der Waals surface area contributed by atoms with E-state index in [9.17, 15) is 4.79 Å². The van der Waals surface area contributed by atoms with Gasteiger partial charge in [0, 0.05) is 30.6 Å². The number of nitrogens with zero attached hydrogens (tertiary/aromatic N) is 2. The number of benzene rings is 2. The lowest BCUT2D eigenvalue weighted by Crippen LogP contribution is -2.20. The van der Waals surface area contributed by atoms with Crippen molar-refractivity contribution in [3.63, 3.8) is 0 Å². The van der Waals surface area contributed by atoms with Gasteiger partial charge in [0.2, 0.25) is 5.91 Å². The lowest BCUT2D eigenvalue weighted by molar-refractivity contribution is -0.116. The number of amides is 1. The highest BCUT2D eigenvalue weighted by Gasteiger charge is 2.18. The first kappa shape index (κ1) is 17.5. The Morgan fingerprint density at radius 3 is 2.96 bits per heavy atom. The van der Waals surface area contributed by atoms with Crippen LogP contribution >= 0.6 is 0 Å². The quantitative estimate of drug-likeness (QED) is 0.701.